The van der Waals surface area contributed by atoms with Crippen molar-refractivity contribution in [2.75, 3.05) is 0 Å². The maximum atomic E-state index is 2.29. The second-order valence-electron chi connectivity index (χ2n) is 6.51. The third-order valence-electron chi connectivity index (χ3n) is 4.28. The van der Waals surface area contributed by atoms with Gasteiger partial charge in [-0.3, -0.25) is 0 Å². The average molecular weight is 373 g/mol. The largest absolute Gasteiger partial charge is 0.135 e. The van der Waals surface area contributed by atoms with Gasteiger partial charge in [0.15, 0.2) is 0 Å². The third kappa shape index (κ3) is 4.04. The Kier molecular flexibility index (Phi) is 4.87. The molecule has 0 saturated heterocycles. The Balaban J connectivity index is 1.50. The van der Waals surface area contributed by atoms with Crippen LogP contribution in [0.2, 0.25) is 0 Å². The molecule has 0 nitrogen and oxygen atoms in total. The predicted octanol–water partition coefficient (Wildman–Crippen LogP) is 7.92. The van der Waals surface area contributed by atoms with Crippen molar-refractivity contribution in [2.24, 2.45) is 0 Å². The minimum absolute atomic E-state index is 1.24. The summed E-state index contributed by atoms with van der Waals surface area (Å²) in [4.78, 5) is 2.61. The van der Waals surface area contributed by atoms with Crippen LogP contribution < -0.4 is 0 Å². The summed E-state index contributed by atoms with van der Waals surface area (Å²) in [5, 5.41) is 0. The molecule has 4 rings (SSSR count). The van der Waals surface area contributed by atoms with Gasteiger partial charge in [-0.2, -0.15) is 0 Å². The lowest BCUT2D eigenvalue weighted by Crippen LogP contribution is -1.72. The molecular weight excluding hydrogens is 352 g/mol. The van der Waals surface area contributed by atoms with Gasteiger partial charge in [0.25, 0.3) is 0 Å². The zero-order chi connectivity index (χ0) is 17.9. The molecule has 0 amide bonds. The molecule has 2 aromatic carbocycles. The van der Waals surface area contributed by atoms with Gasteiger partial charge in [0.2, 0.25) is 0 Å². The standard InChI is InChI=1S/C24H20S2/c1-17-3-7-19(8-4-17)11-13-21-15-23-24(25-21)16-22(26-23)14-12-20-9-5-18(2)6-10-20/h3-16H,1-2H3/b13-11+,14-12+. The maximum absolute atomic E-state index is 2.29. The molecule has 0 fully saturated rings. The number of aryl methyl sites for hydroxylation is 2. The van der Waals surface area contributed by atoms with Crippen molar-refractivity contribution in [3.8, 4) is 0 Å². The van der Waals surface area contributed by atoms with Gasteiger partial charge in [-0.05, 0) is 49.3 Å². The summed E-state index contributed by atoms with van der Waals surface area (Å²) < 4.78 is 2.73. The van der Waals surface area contributed by atoms with E-state index in [0.29, 0.717) is 0 Å². The number of benzene rings is 2. The zero-order valence-electron chi connectivity index (χ0n) is 14.9. The van der Waals surface area contributed by atoms with Gasteiger partial charge in [0.1, 0.15) is 0 Å². The summed E-state index contributed by atoms with van der Waals surface area (Å²) in [6.45, 7) is 4.23. The highest BCUT2D eigenvalue weighted by Crippen LogP contribution is 2.35. The Morgan fingerprint density at radius 1 is 0.538 bits per heavy atom. The topological polar surface area (TPSA) is 0 Å². The fraction of sp³-hybridized carbons (Fsp3) is 0.0833. The summed E-state index contributed by atoms with van der Waals surface area (Å²) in [7, 11) is 0. The molecule has 2 heteroatoms. The minimum Gasteiger partial charge on any atom is -0.135 e. The van der Waals surface area contributed by atoms with E-state index >= 15 is 0 Å². The van der Waals surface area contributed by atoms with Gasteiger partial charge in [-0.25, -0.2) is 0 Å². The lowest BCUT2D eigenvalue weighted by Gasteiger charge is -1.94. The van der Waals surface area contributed by atoms with Gasteiger partial charge in [-0.1, -0.05) is 71.8 Å². The van der Waals surface area contributed by atoms with E-state index in [1.54, 1.807) is 0 Å². The smallest absolute Gasteiger partial charge is 0.0463 e. The van der Waals surface area contributed by atoms with Gasteiger partial charge in [-0.15, -0.1) is 22.7 Å². The van der Waals surface area contributed by atoms with Crippen LogP contribution in [0.3, 0.4) is 0 Å². The molecule has 4 aromatic rings. The first-order chi connectivity index (χ1) is 12.7. The van der Waals surface area contributed by atoms with Crippen LogP contribution in [0, 0.1) is 13.8 Å². The molecule has 0 aliphatic rings. The number of hydrogen-bond acceptors (Lipinski definition) is 2. The van der Waals surface area contributed by atoms with Crippen molar-refractivity contribution in [3.63, 3.8) is 0 Å². The molecule has 2 heterocycles. The quantitative estimate of drug-likeness (QED) is 0.341. The molecule has 0 atom stereocenters. The Morgan fingerprint density at radius 3 is 1.31 bits per heavy atom. The average Bonchev–Trinajstić information content (AvgIpc) is 3.19. The second kappa shape index (κ2) is 7.45. The van der Waals surface area contributed by atoms with Gasteiger partial charge in [0, 0.05) is 19.2 Å². The number of hydrogen-bond donors (Lipinski definition) is 0. The van der Waals surface area contributed by atoms with E-state index in [9.17, 15) is 0 Å². The molecule has 0 radical (unpaired) electrons. The van der Waals surface area contributed by atoms with Crippen molar-refractivity contribution >= 4 is 56.4 Å². The lowest BCUT2D eigenvalue weighted by molar-refractivity contribution is 1.46. The van der Waals surface area contributed by atoms with Crippen LogP contribution in [-0.2, 0) is 0 Å². The molecule has 0 saturated carbocycles. The molecule has 0 bridgehead atoms. The van der Waals surface area contributed by atoms with E-state index in [1.807, 2.05) is 22.7 Å². The van der Waals surface area contributed by atoms with Crippen molar-refractivity contribution in [2.45, 2.75) is 13.8 Å². The minimum atomic E-state index is 1.24. The van der Waals surface area contributed by atoms with Crippen LogP contribution in [0.4, 0.5) is 0 Å². The summed E-state index contributed by atoms with van der Waals surface area (Å²) >= 11 is 3.71. The summed E-state index contributed by atoms with van der Waals surface area (Å²) in [6.07, 6.45) is 8.80. The van der Waals surface area contributed by atoms with Gasteiger partial charge >= 0.3 is 0 Å². The van der Waals surface area contributed by atoms with Crippen LogP contribution in [0.1, 0.15) is 32.0 Å². The molecule has 128 valence electrons. The van der Waals surface area contributed by atoms with Crippen LogP contribution in [0.15, 0.2) is 60.7 Å². The van der Waals surface area contributed by atoms with Crippen molar-refractivity contribution < 1.29 is 0 Å². The Hall–Kier alpha value is -2.42. The van der Waals surface area contributed by atoms with Crippen LogP contribution in [-0.4, -0.2) is 0 Å². The van der Waals surface area contributed by atoms with E-state index in [2.05, 4.69) is 98.8 Å². The predicted molar refractivity (Wildman–Crippen MR) is 120 cm³/mol. The van der Waals surface area contributed by atoms with E-state index in [1.165, 1.54) is 41.4 Å². The highest BCUT2D eigenvalue weighted by Gasteiger charge is 2.04. The van der Waals surface area contributed by atoms with E-state index < -0.39 is 0 Å². The third-order valence-corrected chi connectivity index (χ3v) is 6.50. The number of thiophene rings is 2. The Labute approximate surface area is 162 Å². The molecule has 0 aliphatic carbocycles. The Morgan fingerprint density at radius 2 is 0.923 bits per heavy atom. The summed E-state index contributed by atoms with van der Waals surface area (Å²) in [6, 6.07) is 21.8. The van der Waals surface area contributed by atoms with Crippen LogP contribution >= 0.6 is 22.7 Å². The molecule has 0 unspecified atom stereocenters. The van der Waals surface area contributed by atoms with E-state index in [4.69, 9.17) is 0 Å². The summed E-state index contributed by atoms with van der Waals surface area (Å²) in [5.41, 5.74) is 5.08. The SMILES string of the molecule is Cc1ccc(/C=C/c2cc3sc(/C=C/c4ccc(C)cc4)cc3s2)cc1. The first kappa shape index (κ1) is 17.0. The fourth-order valence-electron chi connectivity index (χ4n) is 2.75. The van der Waals surface area contributed by atoms with Crippen LogP contribution in [0.25, 0.3) is 33.7 Å². The molecule has 26 heavy (non-hydrogen) atoms. The molecule has 0 N–H and O–H groups in total. The first-order valence-electron chi connectivity index (χ1n) is 8.69. The highest BCUT2D eigenvalue weighted by atomic mass is 32.1. The maximum Gasteiger partial charge on any atom is 0.0463 e. The second-order valence-corrected chi connectivity index (χ2v) is 8.74. The normalized spacial score (nSPS) is 11.9. The monoisotopic (exact) mass is 372 g/mol. The van der Waals surface area contributed by atoms with Crippen molar-refractivity contribution in [3.05, 3.63) is 92.7 Å². The van der Waals surface area contributed by atoms with Crippen LogP contribution in [0.5, 0.6) is 0 Å². The first-order valence-corrected chi connectivity index (χ1v) is 10.3. The van der Waals surface area contributed by atoms with E-state index in [0.717, 1.165) is 0 Å². The fourth-order valence-corrected chi connectivity index (χ4v) is 4.97. The molecule has 0 spiro atoms. The summed E-state index contributed by atoms with van der Waals surface area (Å²) in [5.74, 6) is 0. The van der Waals surface area contributed by atoms with Gasteiger partial charge < -0.3 is 0 Å². The Bertz CT molecular complexity index is 955. The van der Waals surface area contributed by atoms with Crippen molar-refractivity contribution in [1.82, 2.24) is 0 Å². The number of rotatable bonds is 4. The lowest BCUT2D eigenvalue weighted by atomic mass is 10.1. The van der Waals surface area contributed by atoms with Crippen molar-refractivity contribution in [1.29, 1.82) is 0 Å². The molecule has 0 aliphatic heterocycles. The molecule has 2 aromatic heterocycles. The highest BCUT2D eigenvalue weighted by molar-refractivity contribution is 7.28. The van der Waals surface area contributed by atoms with Gasteiger partial charge in [0.05, 0.1) is 0 Å². The number of fused-ring (bicyclic) bond motifs is 1. The zero-order valence-corrected chi connectivity index (χ0v) is 16.5. The van der Waals surface area contributed by atoms with E-state index in [-0.39, 0.29) is 0 Å². The molecular formula is C24H20S2.